The van der Waals surface area contributed by atoms with Crippen molar-refractivity contribution in [1.29, 1.82) is 0 Å². The minimum Gasteiger partial charge on any atom is -0.219 e. The van der Waals surface area contributed by atoms with Crippen molar-refractivity contribution >= 4 is 11.3 Å². The molecule has 1 heterocycles. The van der Waals surface area contributed by atoms with E-state index < -0.39 is 0 Å². The molecule has 0 unspecified atom stereocenters. The van der Waals surface area contributed by atoms with Crippen molar-refractivity contribution < 1.29 is 0 Å². The van der Waals surface area contributed by atoms with Crippen LogP contribution in [0.3, 0.4) is 0 Å². The maximum Gasteiger partial charge on any atom is 0.167 e. The molecule has 0 saturated heterocycles. The van der Waals surface area contributed by atoms with Crippen LogP contribution in [0.15, 0.2) is 5.38 Å². The van der Waals surface area contributed by atoms with Crippen molar-refractivity contribution in [3.05, 3.63) is 16.1 Å². The van der Waals surface area contributed by atoms with Gasteiger partial charge in [-0.3, -0.25) is 0 Å². The molecule has 0 bridgehead atoms. The smallest absolute Gasteiger partial charge is 0.167 e. The van der Waals surface area contributed by atoms with Gasteiger partial charge < -0.3 is 0 Å². The maximum atomic E-state index is 5.05. The van der Waals surface area contributed by atoms with Gasteiger partial charge in [-0.15, -0.1) is 24.2 Å². The van der Waals surface area contributed by atoms with E-state index in [1.54, 1.807) is 5.38 Å². The molecule has 0 amide bonds. The molecule has 0 radical (unpaired) electrons. The van der Waals surface area contributed by atoms with Crippen LogP contribution in [0.25, 0.3) is 0 Å². The predicted octanol–water partition coefficient (Wildman–Crippen LogP) is 1.11. The average molecular weight is 133 g/mol. The fourth-order valence-corrected chi connectivity index (χ4v) is 0.969. The first-order valence-corrected chi connectivity index (χ1v) is 3.13. The van der Waals surface area contributed by atoms with Crippen LogP contribution in [-0.4, -0.2) is 4.98 Å². The zero-order valence-electron chi connectivity index (χ0n) is 4.59. The molecule has 0 N–H and O–H groups in total. The fourth-order valence-electron chi connectivity index (χ4n) is 0.406. The molecule has 0 aliphatic heterocycles. The molecule has 1 aromatic rings. The van der Waals surface area contributed by atoms with Gasteiger partial charge in [0.1, 0.15) is 5.69 Å². The summed E-state index contributed by atoms with van der Waals surface area (Å²) in [6, 6.07) is 0. The van der Waals surface area contributed by atoms with E-state index in [2.05, 4.69) is 16.8 Å². The van der Waals surface area contributed by atoms with Gasteiger partial charge in [-0.2, -0.15) is 0 Å². The fraction of sp³-hybridized carbons (Fsp3) is 0. The van der Waals surface area contributed by atoms with Crippen molar-refractivity contribution in [1.82, 2.24) is 4.98 Å². The number of hydrogen-bond acceptors (Lipinski definition) is 2. The van der Waals surface area contributed by atoms with Gasteiger partial charge in [0.15, 0.2) is 5.01 Å². The van der Waals surface area contributed by atoms with E-state index in [0.717, 1.165) is 0 Å². The third-order valence-corrected chi connectivity index (χ3v) is 1.55. The molecule has 0 aliphatic rings. The Balaban J connectivity index is 3.08. The van der Waals surface area contributed by atoms with Crippen LogP contribution in [-0.2, 0) is 0 Å². The molecule has 1 nitrogen and oxygen atoms in total. The van der Waals surface area contributed by atoms with E-state index in [1.807, 2.05) is 0 Å². The number of nitrogens with zero attached hydrogens (tertiary/aromatic N) is 1. The minimum absolute atomic E-state index is 0.618. The normalized spacial score (nSPS) is 7.78. The number of terminal acetylenes is 2. The highest BCUT2D eigenvalue weighted by Gasteiger charge is 1.92. The van der Waals surface area contributed by atoms with Crippen LogP contribution in [0.5, 0.6) is 0 Å². The summed E-state index contributed by atoms with van der Waals surface area (Å²) < 4.78 is 0. The summed E-state index contributed by atoms with van der Waals surface area (Å²) in [6.07, 6.45) is 10.1. The van der Waals surface area contributed by atoms with E-state index in [4.69, 9.17) is 12.8 Å². The first-order valence-electron chi connectivity index (χ1n) is 2.25. The summed E-state index contributed by atoms with van der Waals surface area (Å²) in [5.41, 5.74) is 0.618. The summed E-state index contributed by atoms with van der Waals surface area (Å²) >= 11 is 1.38. The molecule has 0 atom stereocenters. The van der Waals surface area contributed by atoms with E-state index in [0.29, 0.717) is 10.7 Å². The predicted molar refractivity (Wildman–Crippen MR) is 38.0 cm³/mol. The lowest BCUT2D eigenvalue weighted by Gasteiger charge is -1.71. The zero-order chi connectivity index (χ0) is 6.69. The number of hydrogen-bond donors (Lipinski definition) is 0. The van der Waals surface area contributed by atoms with Gasteiger partial charge in [0.25, 0.3) is 0 Å². The minimum atomic E-state index is 0.618. The van der Waals surface area contributed by atoms with Crippen LogP contribution in [0.4, 0.5) is 0 Å². The van der Waals surface area contributed by atoms with Gasteiger partial charge in [0, 0.05) is 5.38 Å². The zero-order valence-corrected chi connectivity index (χ0v) is 5.40. The van der Waals surface area contributed by atoms with Gasteiger partial charge in [0.05, 0.1) is 0 Å². The summed E-state index contributed by atoms with van der Waals surface area (Å²) in [4.78, 5) is 3.89. The summed E-state index contributed by atoms with van der Waals surface area (Å²) in [7, 11) is 0. The Bertz CT molecular complexity index is 256. The lowest BCUT2D eigenvalue weighted by atomic mass is 10.5. The monoisotopic (exact) mass is 133 g/mol. The number of thiazole rings is 1. The molecule has 1 aromatic heterocycles. The van der Waals surface area contributed by atoms with Crippen LogP contribution in [0, 0.1) is 24.7 Å². The lowest BCUT2D eigenvalue weighted by molar-refractivity contribution is 1.34. The quantitative estimate of drug-likeness (QED) is 0.483. The van der Waals surface area contributed by atoms with E-state index in [-0.39, 0.29) is 0 Å². The highest BCUT2D eigenvalue weighted by molar-refractivity contribution is 7.10. The van der Waals surface area contributed by atoms with E-state index >= 15 is 0 Å². The molecule has 1 rings (SSSR count). The molecule has 0 spiro atoms. The third-order valence-electron chi connectivity index (χ3n) is 0.776. The second-order valence-electron chi connectivity index (χ2n) is 1.33. The molecular weight excluding hydrogens is 130 g/mol. The van der Waals surface area contributed by atoms with Gasteiger partial charge in [-0.1, -0.05) is 0 Å². The number of rotatable bonds is 0. The van der Waals surface area contributed by atoms with Crippen molar-refractivity contribution in [2.24, 2.45) is 0 Å². The largest absolute Gasteiger partial charge is 0.219 e. The molecule has 0 fully saturated rings. The van der Waals surface area contributed by atoms with Crippen LogP contribution >= 0.6 is 11.3 Å². The first-order chi connectivity index (χ1) is 4.36. The van der Waals surface area contributed by atoms with Crippen molar-refractivity contribution in [2.45, 2.75) is 0 Å². The Morgan fingerprint density at radius 2 is 2.22 bits per heavy atom. The second-order valence-corrected chi connectivity index (χ2v) is 2.18. The van der Waals surface area contributed by atoms with Crippen molar-refractivity contribution in [2.75, 3.05) is 0 Å². The highest BCUT2D eigenvalue weighted by atomic mass is 32.1. The maximum absolute atomic E-state index is 5.05. The topological polar surface area (TPSA) is 12.9 Å². The van der Waals surface area contributed by atoms with Crippen LogP contribution in [0.1, 0.15) is 10.7 Å². The average Bonchev–Trinajstić information content (AvgIpc) is 2.34. The Morgan fingerprint density at radius 1 is 1.44 bits per heavy atom. The highest BCUT2D eigenvalue weighted by Crippen LogP contribution is 2.05. The van der Waals surface area contributed by atoms with E-state index in [9.17, 15) is 0 Å². The SMILES string of the molecule is C#Cc1csc(C#C)n1. The summed E-state index contributed by atoms with van der Waals surface area (Å²) in [6.45, 7) is 0. The molecule has 0 aromatic carbocycles. The Kier molecular flexibility index (Phi) is 1.53. The second kappa shape index (κ2) is 2.35. The molecule has 0 aliphatic carbocycles. The molecule has 9 heavy (non-hydrogen) atoms. The Labute approximate surface area is 57.7 Å². The van der Waals surface area contributed by atoms with Gasteiger partial charge in [-0.25, -0.2) is 4.98 Å². The molecule has 0 saturated carbocycles. The lowest BCUT2D eigenvalue weighted by Crippen LogP contribution is -1.71. The summed E-state index contributed by atoms with van der Waals surface area (Å²) in [5.74, 6) is 4.78. The third kappa shape index (κ3) is 1.10. The van der Waals surface area contributed by atoms with Gasteiger partial charge in [-0.05, 0) is 11.8 Å². The van der Waals surface area contributed by atoms with Gasteiger partial charge in [0.2, 0.25) is 0 Å². The molecule has 42 valence electrons. The summed E-state index contributed by atoms with van der Waals surface area (Å²) in [5, 5.41) is 2.40. The van der Waals surface area contributed by atoms with Crippen molar-refractivity contribution in [3.63, 3.8) is 0 Å². The first kappa shape index (κ1) is 5.88. The van der Waals surface area contributed by atoms with Crippen LogP contribution < -0.4 is 0 Å². The van der Waals surface area contributed by atoms with Crippen molar-refractivity contribution in [3.8, 4) is 24.7 Å². The standard InChI is InChI=1S/C7H3NS/c1-3-6-5-9-7(4-2)8-6/h1-2,5H. The van der Waals surface area contributed by atoms with Gasteiger partial charge >= 0.3 is 0 Å². The molecular formula is C7H3NS. The Hall–Kier alpha value is -1.25. The van der Waals surface area contributed by atoms with Crippen LogP contribution in [0.2, 0.25) is 0 Å². The Morgan fingerprint density at radius 3 is 2.56 bits per heavy atom. The van der Waals surface area contributed by atoms with E-state index in [1.165, 1.54) is 11.3 Å². The molecule has 2 heteroatoms. The number of aromatic nitrogens is 1.